The molecule has 6 heteroatoms. The third-order valence-corrected chi connectivity index (χ3v) is 4.51. The Morgan fingerprint density at radius 3 is 2.54 bits per heavy atom. The van der Waals surface area contributed by atoms with Crippen molar-refractivity contribution < 1.29 is 18.0 Å². The topological polar surface area (TPSA) is 32.3 Å². The molecule has 3 rings (SSSR count). The van der Waals surface area contributed by atoms with Gasteiger partial charge in [-0.2, -0.15) is 13.2 Å². The molecule has 0 atom stereocenters. The van der Waals surface area contributed by atoms with E-state index in [2.05, 4.69) is 5.32 Å². The van der Waals surface area contributed by atoms with E-state index < -0.39 is 11.7 Å². The summed E-state index contributed by atoms with van der Waals surface area (Å²) in [7, 11) is 0. The Morgan fingerprint density at radius 2 is 1.85 bits per heavy atom. The lowest BCUT2D eigenvalue weighted by molar-refractivity contribution is -0.137. The summed E-state index contributed by atoms with van der Waals surface area (Å²) in [5.41, 5.74) is 2.12. The average Bonchev–Trinajstić information content (AvgIpc) is 2.60. The maximum atomic E-state index is 13.2. The summed E-state index contributed by atoms with van der Waals surface area (Å²) in [6.45, 7) is 4.10. The van der Waals surface area contributed by atoms with Gasteiger partial charge >= 0.3 is 6.18 Å². The molecule has 0 aromatic heterocycles. The summed E-state index contributed by atoms with van der Waals surface area (Å²) in [5, 5.41) is 2.67. The highest BCUT2D eigenvalue weighted by molar-refractivity contribution is 5.96. The van der Waals surface area contributed by atoms with Gasteiger partial charge < -0.3 is 10.2 Å². The highest BCUT2D eigenvalue weighted by Crippen LogP contribution is 2.40. The Balaban J connectivity index is 2.08. The number of hydrogen-bond donors (Lipinski definition) is 1. The highest BCUT2D eigenvalue weighted by atomic mass is 19.4. The third-order valence-electron chi connectivity index (χ3n) is 4.51. The predicted octanol–water partition coefficient (Wildman–Crippen LogP) is 5.38. The first kappa shape index (κ1) is 18.3. The summed E-state index contributed by atoms with van der Waals surface area (Å²) in [6, 6.07) is 11.4. The van der Waals surface area contributed by atoms with Crippen molar-refractivity contribution in [2.45, 2.75) is 32.9 Å². The lowest BCUT2D eigenvalue weighted by atomic mass is 10.00. The summed E-state index contributed by atoms with van der Waals surface area (Å²) < 4.78 is 39.5. The minimum absolute atomic E-state index is 0.190. The van der Waals surface area contributed by atoms with Crippen molar-refractivity contribution >= 4 is 23.0 Å². The second-order valence-electron chi connectivity index (χ2n) is 6.76. The molecule has 1 amide bonds. The van der Waals surface area contributed by atoms with Crippen LogP contribution in [0.2, 0.25) is 0 Å². The molecule has 0 radical (unpaired) electrons. The van der Waals surface area contributed by atoms with Gasteiger partial charge in [0.2, 0.25) is 5.91 Å². The normalized spacial score (nSPS) is 14.3. The molecular formula is C20H21F3N2O. The third kappa shape index (κ3) is 3.69. The fraction of sp³-hybridized carbons (Fsp3) is 0.350. The minimum atomic E-state index is -4.46. The summed E-state index contributed by atoms with van der Waals surface area (Å²) in [4.78, 5) is 14.1. The van der Waals surface area contributed by atoms with Crippen LogP contribution in [0.1, 0.15) is 31.4 Å². The van der Waals surface area contributed by atoms with Crippen LogP contribution in [0.4, 0.5) is 30.2 Å². The second-order valence-corrected chi connectivity index (χ2v) is 6.76. The number of carbonyl (C=O) groups excluding carboxylic acids is 1. The standard InChI is InChI=1S/C20H21F3N2O/c1-13(2)19(26)24-16-12-15(20(21,22)23)9-10-18(16)25-11-5-7-14-6-3-4-8-17(14)25/h3-4,6,8-10,12-13H,5,7,11H2,1-2H3,(H,24,26). The zero-order valence-electron chi connectivity index (χ0n) is 14.7. The molecule has 0 unspecified atom stereocenters. The van der Waals surface area contributed by atoms with Crippen LogP contribution in [0.15, 0.2) is 42.5 Å². The number of amides is 1. The number of fused-ring (bicyclic) bond motifs is 1. The van der Waals surface area contributed by atoms with Gasteiger partial charge in [0.15, 0.2) is 0 Å². The molecule has 1 heterocycles. The van der Waals surface area contributed by atoms with E-state index in [1.165, 1.54) is 6.07 Å². The molecule has 0 saturated heterocycles. The zero-order valence-corrected chi connectivity index (χ0v) is 14.7. The maximum Gasteiger partial charge on any atom is 0.416 e. The molecule has 0 fully saturated rings. The number of rotatable bonds is 3. The van der Waals surface area contributed by atoms with Gasteiger partial charge in [-0.1, -0.05) is 32.0 Å². The highest BCUT2D eigenvalue weighted by Gasteiger charge is 2.32. The van der Waals surface area contributed by atoms with E-state index in [1.807, 2.05) is 29.2 Å². The van der Waals surface area contributed by atoms with Gasteiger partial charge in [0.25, 0.3) is 0 Å². The fourth-order valence-electron chi connectivity index (χ4n) is 3.11. The Morgan fingerprint density at radius 1 is 1.12 bits per heavy atom. The predicted molar refractivity (Wildman–Crippen MR) is 96.7 cm³/mol. The summed E-state index contributed by atoms with van der Waals surface area (Å²) in [5.74, 6) is -0.637. The van der Waals surface area contributed by atoms with Gasteiger partial charge in [0, 0.05) is 18.2 Å². The number of anilines is 3. The van der Waals surface area contributed by atoms with Gasteiger partial charge in [-0.3, -0.25) is 4.79 Å². The van der Waals surface area contributed by atoms with Crippen LogP contribution >= 0.6 is 0 Å². The van der Waals surface area contributed by atoms with Crippen molar-refractivity contribution in [3.63, 3.8) is 0 Å². The number of para-hydroxylation sites is 1. The van der Waals surface area contributed by atoms with Gasteiger partial charge in [-0.25, -0.2) is 0 Å². The lowest BCUT2D eigenvalue weighted by Crippen LogP contribution is -2.27. The largest absolute Gasteiger partial charge is 0.416 e. The molecule has 138 valence electrons. The second kappa shape index (κ2) is 7.02. The number of nitrogens with zero attached hydrogens (tertiary/aromatic N) is 1. The van der Waals surface area contributed by atoms with E-state index in [4.69, 9.17) is 0 Å². The number of aryl methyl sites for hydroxylation is 1. The quantitative estimate of drug-likeness (QED) is 0.795. The van der Waals surface area contributed by atoms with Crippen LogP contribution in [-0.4, -0.2) is 12.5 Å². The Labute approximate surface area is 150 Å². The van der Waals surface area contributed by atoms with Gasteiger partial charge in [0.1, 0.15) is 0 Å². The van der Waals surface area contributed by atoms with E-state index >= 15 is 0 Å². The molecular weight excluding hydrogens is 341 g/mol. The molecule has 26 heavy (non-hydrogen) atoms. The van der Waals surface area contributed by atoms with Crippen LogP contribution in [0.5, 0.6) is 0 Å². The van der Waals surface area contributed by atoms with Crippen molar-refractivity contribution in [3.05, 3.63) is 53.6 Å². The van der Waals surface area contributed by atoms with E-state index in [0.717, 1.165) is 36.2 Å². The Bertz CT molecular complexity index is 815. The lowest BCUT2D eigenvalue weighted by Gasteiger charge is -2.33. The van der Waals surface area contributed by atoms with Crippen molar-refractivity contribution in [1.82, 2.24) is 0 Å². The number of halogens is 3. The molecule has 2 aromatic rings. The van der Waals surface area contributed by atoms with Gasteiger partial charge in [-0.05, 0) is 42.7 Å². The molecule has 0 bridgehead atoms. The van der Waals surface area contributed by atoms with Gasteiger partial charge in [-0.15, -0.1) is 0 Å². The molecule has 1 aliphatic heterocycles. The maximum absolute atomic E-state index is 13.2. The molecule has 1 aliphatic rings. The number of benzene rings is 2. The number of alkyl halides is 3. The fourth-order valence-corrected chi connectivity index (χ4v) is 3.11. The molecule has 0 saturated carbocycles. The first-order chi connectivity index (χ1) is 12.3. The van der Waals surface area contributed by atoms with E-state index in [1.54, 1.807) is 13.8 Å². The Hall–Kier alpha value is -2.50. The number of nitrogens with one attached hydrogen (secondary N) is 1. The van der Waals surface area contributed by atoms with Crippen molar-refractivity contribution in [1.29, 1.82) is 0 Å². The van der Waals surface area contributed by atoms with Crippen LogP contribution in [0.3, 0.4) is 0 Å². The summed E-state index contributed by atoms with van der Waals surface area (Å²) >= 11 is 0. The molecule has 0 aliphatic carbocycles. The van der Waals surface area contributed by atoms with Crippen LogP contribution in [0.25, 0.3) is 0 Å². The Kier molecular flexibility index (Phi) is 4.94. The first-order valence-corrected chi connectivity index (χ1v) is 8.65. The molecule has 2 aromatic carbocycles. The van der Waals surface area contributed by atoms with Crippen molar-refractivity contribution in [2.24, 2.45) is 5.92 Å². The minimum Gasteiger partial charge on any atom is -0.340 e. The SMILES string of the molecule is CC(C)C(=O)Nc1cc(C(F)(F)F)ccc1N1CCCc2ccccc21. The first-order valence-electron chi connectivity index (χ1n) is 8.65. The van der Waals surface area contributed by atoms with E-state index in [9.17, 15) is 18.0 Å². The molecule has 1 N–H and O–H groups in total. The van der Waals surface area contributed by atoms with E-state index in [0.29, 0.717) is 12.2 Å². The van der Waals surface area contributed by atoms with Crippen LogP contribution in [0, 0.1) is 5.92 Å². The van der Waals surface area contributed by atoms with Crippen molar-refractivity contribution in [2.75, 3.05) is 16.8 Å². The van der Waals surface area contributed by atoms with Crippen LogP contribution < -0.4 is 10.2 Å². The molecule has 0 spiro atoms. The van der Waals surface area contributed by atoms with Crippen molar-refractivity contribution in [3.8, 4) is 0 Å². The molecule has 3 nitrogen and oxygen atoms in total. The average molecular weight is 362 g/mol. The van der Waals surface area contributed by atoms with Gasteiger partial charge in [0.05, 0.1) is 16.9 Å². The smallest absolute Gasteiger partial charge is 0.340 e. The summed E-state index contributed by atoms with van der Waals surface area (Å²) in [6.07, 6.45) is -2.63. The number of carbonyl (C=O) groups is 1. The van der Waals surface area contributed by atoms with Crippen LogP contribution in [-0.2, 0) is 17.4 Å². The van der Waals surface area contributed by atoms with E-state index in [-0.39, 0.29) is 17.5 Å². The zero-order chi connectivity index (χ0) is 18.9. The number of hydrogen-bond acceptors (Lipinski definition) is 2. The monoisotopic (exact) mass is 362 g/mol.